The molecular formula is C24H28N2O5S2. The molecule has 4 fully saturated rings. The van der Waals surface area contributed by atoms with Gasteiger partial charge in [-0.05, 0) is 74.2 Å². The van der Waals surface area contributed by atoms with Crippen LogP contribution in [0.5, 0.6) is 11.5 Å². The fourth-order valence-electron chi connectivity index (χ4n) is 5.76. The second-order valence-electron chi connectivity index (χ2n) is 9.55. The van der Waals surface area contributed by atoms with Gasteiger partial charge in [-0.15, -0.1) is 0 Å². The number of nitrogens with zero attached hydrogens (tertiary/aromatic N) is 2. The summed E-state index contributed by atoms with van der Waals surface area (Å²) in [7, 11) is -6.93. The number of sulfonamides is 2. The molecule has 2 aromatic rings. The molecule has 4 aliphatic rings. The van der Waals surface area contributed by atoms with Gasteiger partial charge in [0.1, 0.15) is 11.5 Å². The molecule has 2 aliphatic carbocycles. The Morgan fingerprint density at radius 3 is 1.15 bits per heavy atom. The van der Waals surface area contributed by atoms with Crippen LogP contribution < -0.4 is 4.74 Å². The summed E-state index contributed by atoms with van der Waals surface area (Å²) in [6, 6.07) is 13.6. The smallest absolute Gasteiger partial charge is 0.243 e. The zero-order chi connectivity index (χ0) is 22.8. The van der Waals surface area contributed by atoms with Gasteiger partial charge in [-0.25, -0.2) is 16.8 Å². The summed E-state index contributed by atoms with van der Waals surface area (Å²) in [6.07, 6.45) is 8.20. The van der Waals surface area contributed by atoms with E-state index in [9.17, 15) is 16.8 Å². The SMILES string of the molecule is O=S(=O)(c1ccc(Oc2ccc(S(=O)(=O)N3C4CCCCC43)cc2)cc1)N1C2CCCCC21. The van der Waals surface area contributed by atoms with E-state index in [4.69, 9.17) is 4.74 Å². The molecule has 4 atom stereocenters. The molecule has 2 heterocycles. The average Bonchev–Trinajstić information content (AvgIpc) is 3.72. The molecular weight excluding hydrogens is 460 g/mol. The summed E-state index contributed by atoms with van der Waals surface area (Å²) in [5.74, 6) is 1.01. The molecule has 0 radical (unpaired) electrons. The third kappa shape index (κ3) is 3.69. The Morgan fingerprint density at radius 1 is 0.545 bits per heavy atom. The molecule has 7 nitrogen and oxygen atoms in total. The predicted octanol–water partition coefficient (Wildman–Crippen LogP) is 4.11. The zero-order valence-electron chi connectivity index (χ0n) is 18.3. The predicted molar refractivity (Wildman–Crippen MR) is 123 cm³/mol. The Balaban J connectivity index is 1.13. The van der Waals surface area contributed by atoms with Crippen LogP contribution in [0.1, 0.15) is 51.4 Å². The van der Waals surface area contributed by atoms with E-state index in [2.05, 4.69) is 0 Å². The van der Waals surface area contributed by atoms with Gasteiger partial charge in [0.15, 0.2) is 0 Å². The van der Waals surface area contributed by atoms with E-state index in [0.717, 1.165) is 51.4 Å². The minimum Gasteiger partial charge on any atom is -0.457 e. The maximum Gasteiger partial charge on any atom is 0.243 e. The van der Waals surface area contributed by atoms with Gasteiger partial charge < -0.3 is 4.74 Å². The van der Waals surface area contributed by atoms with Crippen LogP contribution in [0.2, 0.25) is 0 Å². The van der Waals surface area contributed by atoms with E-state index < -0.39 is 20.0 Å². The Bertz CT molecular complexity index is 1140. The van der Waals surface area contributed by atoms with Crippen LogP contribution in [0.15, 0.2) is 58.3 Å². The number of rotatable bonds is 6. The Kier molecular flexibility index (Phi) is 5.10. The molecule has 6 rings (SSSR count). The molecule has 0 spiro atoms. The lowest BCUT2D eigenvalue weighted by Gasteiger charge is -2.10. The number of benzene rings is 2. The molecule has 4 unspecified atom stereocenters. The van der Waals surface area contributed by atoms with Gasteiger partial charge in [0.25, 0.3) is 0 Å². The number of hydrogen-bond acceptors (Lipinski definition) is 5. The van der Waals surface area contributed by atoms with E-state index in [1.807, 2.05) is 0 Å². The van der Waals surface area contributed by atoms with E-state index in [-0.39, 0.29) is 34.0 Å². The van der Waals surface area contributed by atoms with Gasteiger partial charge in [0, 0.05) is 24.2 Å². The van der Waals surface area contributed by atoms with Crippen molar-refractivity contribution in [2.75, 3.05) is 0 Å². The molecule has 0 aromatic heterocycles. The van der Waals surface area contributed by atoms with Crippen molar-refractivity contribution < 1.29 is 21.6 Å². The number of hydrogen-bond donors (Lipinski definition) is 0. The number of fused-ring (bicyclic) bond motifs is 2. The summed E-state index contributed by atoms with van der Waals surface area (Å²) in [4.78, 5) is 0.566. The highest BCUT2D eigenvalue weighted by molar-refractivity contribution is 7.89. The average molecular weight is 489 g/mol. The first kappa shape index (κ1) is 21.6. The highest BCUT2D eigenvalue weighted by atomic mass is 32.2. The van der Waals surface area contributed by atoms with Crippen LogP contribution >= 0.6 is 0 Å². The van der Waals surface area contributed by atoms with Crippen molar-refractivity contribution in [1.29, 1.82) is 0 Å². The van der Waals surface area contributed by atoms with Gasteiger partial charge in [-0.2, -0.15) is 8.61 Å². The van der Waals surface area contributed by atoms with Crippen LogP contribution in [0, 0.1) is 0 Å². The number of ether oxygens (including phenoxy) is 1. The monoisotopic (exact) mass is 488 g/mol. The third-order valence-corrected chi connectivity index (χ3v) is 11.5. The van der Waals surface area contributed by atoms with Crippen molar-refractivity contribution in [3.05, 3.63) is 48.5 Å². The second kappa shape index (κ2) is 7.80. The Hall–Kier alpha value is -1.94. The van der Waals surface area contributed by atoms with Gasteiger partial charge in [-0.1, -0.05) is 25.7 Å². The molecule has 0 bridgehead atoms. The first-order valence-corrected chi connectivity index (χ1v) is 14.7. The van der Waals surface area contributed by atoms with Crippen LogP contribution in [-0.2, 0) is 20.0 Å². The maximum absolute atomic E-state index is 12.9. The molecule has 2 aromatic carbocycles. The fourth-order valence-corrected chi connectivity index (χ4v) is 9.51. The molecule has 0 amide bonds. The highest BCUT2D eigenvalue weighted by Gasteiger charge is 2.56. The Labute approximate surface area is 195 Å². The maximum atomic E-state index is 12.9. The van der Waals surface area contributed by atoms with Gasteiger partial charge >= 0.3 is 0 Å². The zero-order valence-corrected chi connectivity index (χ0v) is 20.0. The van der Waals surface area contributed by atoms with E-state index in [0.29, 0.717) is 11.5 Å². The van der Waals surface area contributed by atoms with Crippen molar-refractivity contribution >= 4 is 20.0 Å². The van der Waals surface area contributed by atoms with Gasteiger partial charge in [0.2, 0.25) is 20.0 Å². The lowest BCUT2D eigenvalue weighted by atomic mass is 10.0. The standard InChI is InChI=1S/C24H28N2O5S2/c27-32(28,25-21-5-1-2-6-22(21)25)19-13-9-17(10-14-19)31-18-11-15-20(16-12-18)33(29,30)26-23-7-3-4-8-24(23)26/h9-16,21-24H,1-8H2. The van der Waals surface area contributed by atoms with Crippen LogP contribution in [0.25, 0.3) is 0 Å². The van der Waals surface area contributed by atoms with E-state index >= 15 is 0 Å². The molecule has 2 aliphatic heterocycles. The Morgan fingerprint density at radius 2 is 0.848 bits per heavy atom. The summed E-state index contributed by atoms with van der Waals surface area (Å²) in [5.41, 5.74) is 0. The van der Waals surface area contributed by atoms with E-state index in [1.165, 1.54) is 0 Å². The minimum atomic E-state index is -3.46. The fraction of sp³-hybridized carbons (Fsp3) is 0.500. The van der Waals surface area contributed by atoms with Crippen LogP contribution in [-0.4, -0.2) is 49.6 Å². The first-order chi connectivity index (χ1) is 15.9. The van der Waals surface area contributed by atoms with Crippen molar-refractivity contribution in [3.8, 4) is 11.5 Å². The first-order valence-electron chi connectivity index (χ1n) is 11.8. The topological polar surface area (TPSA) is 83.5 Å². The van der Waals surface area contributed by atoms with Crippen molar-refractivity contribution in [3.63, 3.8) is 0 Å². The molecule has 33 heavy (non-hydrogen) atoms. The normalized spacial score (nSPS) is 33.0. The van der Waals surface area contributed by atoms with E-state index in [1.54, 1.807) is 57.1 Å². The van der Waals surface area contributed by atoms with Crippen LogP contribution in [0.4, 0.5) is 0 Å². The second-order valence-corrected chi connectivity index (χ2v) is 13.2. The summed E-state index contributed by atoms with van der Waals surface area (Å²) in [5, 5.41) is 0. The van der Waals surface area contributed by atoms with Gasteiger partial charge in [-0.3, -0.25) is 0 Å². The summed E-state index contributed by atoms with van der Waals surface area (Å²) in [6.45, 7) is 0. The minimum absolute atomic E-state index is 0.172. The third-order valence-electron chi connectivity index (χ3n) is 7.55. The quantitative estimate of drug-likeness (QED) is 0.572. The van der Waals surface area contributed by atoms with Crippen molar-refractivity contribution in [2.24, 2.45) is 0 Å². The lowest BCUT2D eigenvalue weighted by Crippen LogP contribution is -2.15. The summed E-state index contributed by atoms with van der Waals surface area (Å²) >= 11 is 0. The summed E-state index contributed by atoms with van der Waals surface area (Å²) < 4.78 is 60.9. The molecule has 2 saturated heterocycles. The molecule has 176 valence electrons. The van der Waals surface area contributed by atoms with Gasteiger partial charge in [0.05, 0.1) is 9.79 Å². The van der Waals surface area contributed by atoms with Crippen LogP contribution in [0.3, 0.4) is 0 Å². The van der Waals surface area contributed by atoms with Crippen molar-refractivity contribution in [2.45, 2.75) is 85.3 Å². The molecule has 9 heteroatoms. The largest absolute Gasteiger partial charge is 0.457 e. The lowest BCUT2D eigenvalue weighted by molar-refractivity contribution is 0.481. The van der Waals surface area contributed by atoms with Crippen molar-refractivity contribution in [1.82, 2.24) is 8.61 Å². The molecule has 2 saturated carbocycles. The highest BCUT2D eigenvalue weighted by Crippen LogP contribution is 2.46. The molecule has 0 N–H and O–H groups in total.